The average molecular weight is 217 g/mol. The molecular weight excluding hydrogens is 194 g/mol. The Kier molecular flexibility index (Phi) is 5.28. The second-order valence-corrected chi connectivity index (χ2v) is 6.00. The van der Waals surface area contributed by atoms with Crippen LogP contribution in [0.4, 0.5) is 0 Å². The van der Waals surface area contributed by atoms with Gasteiger partial charge in [0.05, 0.1) is 0 Å². The van der Waals surface area contributed by atoms with Gasteiger partial charge in [-0.25, -0.2) is 0 Å². The van der Waals surface area contributed by atoms with Gasteiger partial charge in [-0.2, -0.15) is 11.8 Å². The maximum Gasteiger partial charge on any atom is 0.0431 e. The fraction of sp³-hybridized carbons (Fsp3) is 1.00. The minimum Gasteiger partial charge on any atom is -0.396 e. The normalized spacial score (nSPS) is 26.4. The van der Waals surface area contributed by atoms with E-state index in [4.69, 9.17) is 5.11 Å². The first-order valence-electron chi connectivity index (χ1n) is 5.56. The number of nitrogens with one attached hydrogen (secondary N) is 1. The molecule has 0 spiro atoms. The van der Waals surface area contributed by atoms with Gasteiger partial charge in [-0.15, -0.1) is 0 Å². The summed E-state index contributed by atoms with van der Waals surface area (Å²) in [7, 11) is 0. The molecule has 1 unspecified atom stereocenters. The Hall–Kier alpha value is 0.270. The van der Waals surface area contributed by atoms with E-state index in [0.29, 0.717) is 18.1 Å². The van der Waals surface area contributed by atoms with Crippen LogP contribution in [0.25, 0.3) is 0 Å². The van der Waals surface area contributed by atoms with Crippen LogP contribution in [0.1, 0.15) is 33.1 Å². The molecule has 1 aliphatic rings. The lowest BCUT2D eigenvalue weighted by Crippen LogP contribution is -2.40. The van der Waals surface area contributed by atoms with Crippen molar-refractivity contribution in [3.8, 4) is 0 Å². The molecule has 0 amide bonds. The molecule has 1 atom stereocenters. The standard InChI is InChI=1S/C11H23NOS/c1-11(2)7-10(8-14-9-11)12-5-3-4-6-13/h10,12-13H,3-9H2,1-2H3. The van der Waals surface area contributed by atoms with Crippen LogP contribution < -0.4 is 5.32 Å². The van der Waals surface area contributed by atoms with E-state index in [2.05, 4.69) is 30.9 Å². The van der Waals surface area contributed by atoms with Crippen LogP contribution in [0, 0.1) is 5.41 Å². The second kappa shape index (κ2) is 5.99. The zero-order chi connectivity index (χ0) is 10.4. The maximum absolute atomic E-state index is 8.65. The van der Waals surface area contributed by atoms with Crippen LogP contribution in [0.3, 0.4) is 0 Å². The number of thioether (sulfide) groups is 1. The van der Waals surface area contributed by atoms with Crippen molar-refractivity contribution in [2.75, 3.05) is 24.7 Å². The van der Waals surface area contributed by atoms with Crippen molar-refractivity contribution in [1.82, 2.24) is 5.32 Å². The zero-order valence-electron chi connectivity index (χ0n) is 9.38. The summed E-state index contributed by atoms with van der Waals surface area (Å²) in [6.07, 6.45) is 3.31. The van der Waals surface area contributed by atoms with Gasteiger partial charge in [-0.1, -0.05) is 13.8 Å². The molecule has 1 aliphatic heterocycles. The Balaban J connectivity index is 2.12. The third kappa shape index (κ3) is 4.67. The molecule has 0 aromatic heterocycles. The molecule has 14 heavy (non-hydrogen) atoms. The molecule has 3 heteroatoms. The molecular formula is C11H23NOS. The predicted octanol–water partition coefficient (Wildman–Crippen LogP) is 1.88. The SMILES string of the molecule is CC1(C)CSCC(NCCCCO)C1. The summed E-state index contributed by atoms with van der Waals surface area (Å²) in [6.45, 7) is 6.08. The fourth-order valence-electron chi connectivity index (χ4n) is 1.94. The summed E-state index contributed by atoms with van der Waals surface area (Å²) in [5.74, 6) is 2.55. The van der Waals surface area contributed by atoms with Gasteiger partial charge in [-0.3, -0.25) is 0 Å². The number of unbranched alkanes of at least 4 members (excludes halogenated alkanes) is 1. The van der Waals surface area contributed by atoms with Crippen LogP contribution >= 0.6 is 11.8 Å². The molecule has 0 bridgehead atoms. The van der Waals surface area contributed by atoms with Crippen LogP contribution in [0.5, 0.6) is 0 Å². The number of rotatable bonds is 5. The van der Waals surface area contributed by atoms with Crippen LogP contribution in [0.2, 0.25) is 0 Å². The fourth-order valence-corrected chi connectivity index (χ4v) is 3.24. The lowest BCUT2D eigenvalue weighted by Gasteiger charge is -2.35. The van der Waals surface area contributed by atoms with Gasteiger partial charge in [0.25, 0.3) is 0 Å². The minimum absolute atomic E-state index is 0.326. The highest BCUT2D eigenvalue weighted by molar-refractivity contribution is 7.99. The zero-order valence-corrected chi connectivity index (χ0v) is 10.2. The van der Waals surface area contributed by atoms with Crippen molar-refractivity contribution in [2.45, 2.75) is 39.2 Å². The number of hydrogen-bond donors (Lipinski definition) is 2. The monoisotopic (exact) mass is 217 g/mol. The van der Waals surface area contributed by atoms with Gasteiger partial charge in [0.1, 0.15) is 0 Å². The van der Waals surface area contributed by atoms with Gasteiger partial charge in [-0.05, 0) is 37.0 Å². The summed E-state index contributed by atoms with van der Waals surface area (Å²) < 4.78 is 0. The lowest BCUT2D eigenvalue weighted by atomic mass is 9.88. The summed E-state index contributed by atoms with van der Waals surface area (Å²) in [6, 6.07) is 0.683. The third-order valence-corrected chi connectivity index (χ3v) is 4.25. The molecule has 2 N–H and O–H groups in total. The third-order valence-electron chi connectivity index (χ3n) is 2.63. The smallest absolute Gasteiger partial charge is 0.0431 e. The van der Waals surface area contributed by atoms with Crippen LogP contribution in [-0.2, 0) is 0 Å². The van der Waals surface area contributed by atoms with E-state index < -0.39 is 0 Å². The molecule has 0 aliphatic carbocycles. The average Bonchev–Trinajstić information content (AvgIpc) is 2.11. The van der Waals surface area contributed by atoms with Crippen LogP contribution in [-0.4, -0.2) is 35.8 Å². The highest BCUT2D eigenvalue weighted by Crippen LogP contribution is 2.33. The number of aliphatic hydroxyl groups excluding tert-OH is 1. The molecule has 1 rings (SSSR count). The van der Waals surface area contributed by atoms with Gasteiger partial charge >= 0.3 is 0 Å². The largest absolute Gasteiger partial charge is 0.396 e. The summed E-state index contributed by atoms with van der Waals surface area (Å²) >= 11 is 2.06. The second-order valence-electron chi connectivity index (χ2n) is 4.97. The van der Waals surface area contributed by atoms with Gasteiger partial charge in [0, 0.05) is 18.4 Å². The van der Waals surface area contributed by atoms with E-state index in [0.717, 1.165) is 19.4 Å². The van der Waals surface area contributed by atoms with E-state index in [9.17, 15) is 0 Å². The summed E-state index contributed by atoms with van der Waals surface area (Å²) in [5.41, 5.74) is 0.498. The first-order valence-corrected chi connectivity index (χ1v) is 6.71. The topological polar surface area (TPSA) is 32.3 Å². The van der Waals surface area contributed by atoms with E-state index in [1.807, 2.05) is 0 Å². The number of aliphatic hydroxyl groups is 1. The molecule has 0 aromatic carbocycles. The molecule has 1 fully saturated rings. The highest BCUT2D eigenvalue weighted by Gasteiger charge is 2.27. The summed E-state index contributed by atoms with van der Waals surface area (Å²) in [4.78, 5) is 0. The highest BCUT2D eigenvalue weighted by atomic mass is 32.2. The summed E-state index contributed by atoms with van der Waals surface area (Å²) in [5, 5.41) is 12.2. The van der Waals surface area contributed by atoms with Gasteiger partial charge < -0.3 is 10.4 Å². The number of hydrogen-bond acceptors (Lipinski definition) is 3. The Labute approximate surface area is 91.9 Å². The van der Waals surface area contributed by atoms with Gasteiger partial charge in [0.2, 0.25) is 0 Å². The van der Waals surface area contributed by atoms with E-state index in [-0.39, 0.29) is 0 Å². The Morgan fingerprint density at radius 2 is 2.21 bits per heavy atom. The first-order chi connectivity index (χ1) is 6.64. The molecule has 0 radical (unpaired) electrons. The molecule has 1 saturated heterocycles. The van der Waals surface area contributed by atoms with E-state index in [1.165, 1.54) is 17.9 Å². The minimum atomic E-state index is 0.326. The van der Waals surface area contributed by atoms with Crippen molar-refractivity contribution in [2.24, 2.45) is 5.41 Å². The molecule has 0 aromatic rings. The molecule has 1 heterocycles. The predicted molar refractivity (Wildman–Crippen MR) is 63.8 cm³/mol. The Bertz CT molecular complexity index is 161. The van der Waals surface area contributed by atoms with Crippen molar-refractivity contribution >= 4 is 11.8 Å². The van der Waals surface area contributed by atoms with E-state index in [1.54, 1.807) is 0 Å². The molecule has 0 saturated carbocycles. The van der Waals surface area contributed by atoms with Crippen molar-refractivity contribution in [3.63, 3.8) is 0 Å². The van der Waals surface area contributed by atoms with Crippen LogP contribution in [0.15, 0.2) is 0 Å². The molecule has 84 valence electrons. The van der Waals surface area contributed by atoms with E-state index >= 15 is 0 Å². The van der Waals surface area contributed by atoms with Crippen molar-refractivity contribution in [1.29, 1.82) is 0 Å². The lowest BCUT2D eigenvalue weighted by molar-refractivity contribution is 0.278. The van der Waals surface area contributed by atoms with Gasteiger partial charge in [0.15, 0.2) is 0 Å². The van der Waals surface area contributed by atoms with Crippen molar-refractivity contribution < 1.29 is 5.11 Å². The quantitative estimate of drug-likeness (QED) is 0.690. The molecule has 2 nitrogen and oxygen atoms in total. The Morgan fingerprint density at radius 3 is 2.86 bits per heavy atom. The first kappa shape index (κ1) is 12.3. The van der Waals surface area contributed by atoms with Crippen molar-refractivity contribution in [3.05, 3.63) is 0 Å². The maximum atomic E-state index is 8.65. The Morgan fingerprint density at radius 1 is 1.43 bits per heavy atom.